The lowest BCUT2D eigenvalue weighted by molar-refractivity contribution is 0.0542. The van der Waals surface area contributed by atoms with Crippen LogP contribution in [0, 0.1) is 11.8 Å². The first-order valence-electron chi connectivity index (χ1n) is 14.3. The second-order valence-electron chi connectivity index (χ2n) is 11.8. The molecule has 1 aliphatic carbocycles. The molecule has 216 valence electrons. The van der Waals surface area contributed by atoms with Gasteiger partial charge in [-0.05, 0) is 81.5 Å². The van der Waals surface area contributed by atoms with Crippen LogP contribution < -0.4 is 10.2 Å². The number of halogens is 2. The zero-order valence-electron chi connectivity index (χ0n) is 23.0. The number of fused-ring (bicyclic) bond motifs is 1. The summed E-state index contributed by atoms with van der Waals surface area (Å²) in [5.41, 5.74) is 0.953. The summed E-state index contributed by atoms with van der Waals surface area (Å²) < 4.78 is 25.5. The van der Waals surface area contributed by atoms with Crippen molar-refractivity contribution in [3.63, 3.8) is 0 Å². The number of anilines is 2. The Morgan fingerprint density at radius 3 is 2.55 bits per heavy atom. The molecule has 0 bridgehead atoms. The molecule has 3 fully saturated rings. The number of hydrogen-bond acceptors (Lipinski definition) is 8. The second kappa shape index (κ2) is 11.3. The van der Waals surface area contributed by atoms with E-state index in [1.165, 1.54) is 25.4 Å². The van der Waals surface area contributed by atoms with E-state index in [2.05, 4.69) is 38.2 Å². The minimum atomic E-state index is -2.91. The van der Waals surface area contributed by atoms with Gasteiger partial charge in [-0.1, -0.05) is 29.3 Å². The van der Waals surface area contributed by atoms with Crippen molar-refractivity contribution >= 4 is 50.5 Å². The molecule has 0 spiro atoms. The van der Waals surface area contributed by atoms with E-state index in [9.17, 15) is 8.42 Å². The molecule has 2 saturated heterocycles. The van der Waals surface area contributed by atoms with E-state index in [-0.39, 0.29) is 11.3 Å². The predicted molar refractivity (Wildman–Crippen MR) is 160 cm³/mol. The predicted octanol–water partition coefficient (Wildman–Crippen LogP) is 5.11. The molecule has 3 aromatic rings. The van der Waals surface area contributed by atoms with Gasteiger partial charge in [0, 0.05) is 48.0 Å². The highest BCUT2D eigenvalue weighted by Gasteiger charge is 2.41. The highest BCUT2D eigenvalue weighted by atomic mass is 35.5. The van der Waals surface area contributed by atoms with Crippen molar-refractivity contribution in [1.82, 2.24) is 24.5 Å². The molecule has 12 heteroatoms. The van der Waals surface area contributed by atoms with Gasteiger partial charge in [-0.3, -0.25) is 0 Å². The third-order valence-corrected chi connectivity index (χ3v) is 11.4. The average molecular weight is 607 g/mol. The first kappa shape index (κ1) is 28.0. The minimum absolute atomic E-state index is 0.0734. The van der Waals surface area contributed by atoms with Crippen molar-refractivity contribution < 1.29 is 8.42 Å². The molecular weight excluding hydrogens is 569 g/mol. The molecule has 6 rings (SSSR count). The summed E-state index contributed by atoms with van der Waals surface area (Å²) in [6.07, 6.45) is 9.26. The summed E-state index contributed by atoms with van der Waals surface area (Å²) in [5, 5.41) is 9.02. The van der Waals surface area contributed by atoms with Gasteiger partial charge in [0.1, 0.15) is 27.8 Å². The van der Waals surface area contributed by atoms with Crippen molar-refractivity contribution in [1.29, 1.82) is 0 Å². The Hall–Kier alpha value is -2.14. The SMILES string of the molecule is C[C@@H](Nc1cc(N2CCC([C@H]3CCCN(C4CC(S(C)(=O)=O)C4)C3)CC2)nc2ncnn12)c1ccc(Cl)cc1Cl. The van der Waals surface area contributed by atoms with E-state index in [1.54, 1.807) is 10.6 Å². The Kier molecular flexibility index (Phi) is 7.89. The monoisotopic (exact) mass is 605 g/mol. The number of piperidine rings is 2. The van der Waals surface area contributed by atoms with E-state index < -0.39 is 9.84 Å². The van der Waals surface area contributed by atoms with Crippen molar-refractivity contribution in [2.75, 3.05) is 42.7 Å². The number of sulfone groups is 1. The number of aromatic nitrogens is 4. The third kappa shape index (κ3) is 5.78. The summed E-state index contributed by atoms with van der Waals surface area (Å²) in [5.74, 6) is 3.65. The average Bonchev–Trinajstić information content (AvgIpc) is 3.36. The topological polar surface area (TPSA) is 95.7 Å². The largest absolute Gasteiger partial charge is 0.363 e. The van der Waals surface area contributed by atoms with Gasteiger partial charge in [-0.25, -0.2) is 8.42 Å². The number of nitrogens with one attached hydrogen (secondary N) is 1. The fourth-order valence-electron chi connectivity index (χ4n) is 6.76. The molecule has 3 aliphatic rings. The van der Waals surface area contributed by atoms with Gasteiger partial charge in [-0.15, -0.1) is 0 Å². The third-order valence-electron chi connectivity index (χ3n) is 9.24. The molecule has 2 atom stereocenters. The zero-order valence-corrected chi connectivity index (χ0v) is 25.3. The second-order valence-corrected chi connectivity index (χ2v) is 15.0. The molecule has 0 unspecified atom stereocenters. The summed E-state index contributed by atoms with van der Waals surface area (Å²) in [4.78, 5) is 14.1. The molecule has 1 N–H and O–H groups in total. The van der Waals surface area contributed by atoms with Crippen LogP contribution in [0.3, 0.4) is 0 Å². The summed E-state index contributed by atoms with van der Waals surface area (Å²) in [6, 6.07) is 7.97. The van der Waals surface area contributed by atoms with Crippen molar-refractivity contribution in [3.05, 3.63) is 46.2 Å². The van der Waals surface area contributed by atoms with Crippen LogP contribution in [-0.4, -0.2) is 76.6 Å². The van der Waals surface area contributed by atoms with Crippen LogP contribution >= 0.6 is 23.2 Å². The molecule has 4 heterocycles. The molecule has 0 radical (unpaired) electrons. The minimum Gasteiger partial charge on any atom is -0.363 e. The van der Waals surface area contributed by atoms with E-state index >= 15 is 0 Å². The summed E-state index contributed by atoms with van der Waals surface area (Å²) >= 11 is 12.6. The van der Waals surface area contributed by atoms with E-state index in [4.69, 9.17) is 28.2 Å². The van der Waals surface area contributed by atoms with Crippen LogP contribution in [0.1, 0.15) is 57.1 Å². The Morgan fingerprint density at radius 2 is 1.82 bits per heavy atom. The van der Waals surface area contributed by atoms with Crippen LogP contribution in [0.4, 0.5) is 11.6 Å². The molecule has 2 aromatic heterocycles. The fourth-order valence-corrected chi connectivity index (χ4v) is 8.47. The molecule has 9 nitrogen and oxygen atoms in total. The van der Waals surface area contributed by atoms with E-state index in [0.29, 0.717) is 33.7 Å². The van der Waals surface area contributed by atoms with E-state index in [0.717, 1.165) is 69.1 Å². The lowest BCUT2D eigenvalue weighted by Crippen LogP contribution is -2.53. The standard InChI is InChI=1S/C28H37Cl2N7O2S/c1-18(24-6-5-21(29)12-25(24)30)33-27-15-26(34-28-31-17-32-37(27)28)35-10-7-19(8-11-35)20-4-3-9-36(16-20)22-13-23(14-22)40(2,38)39/h5-6,12,15,17-20,22-23,33H,3-4,7-11,13-14,16H2,1-2H3/t18-,20+,22?,23?/m1/s1. The number of likely N-dealkylation sites (tertiary alicyclic amines) is 1. The summed E-state index contributed by atoms with van der Waals surface area (Å²) in [7, 11) is -2.91. The van der Waals surface area contributed by atoms with Crippen LogP contribution in [0.25, 0.3) is 5.78 Å². The maximum absolute atomic E-state index is 11.9. The first-order chi connectivity index (χ1) is 19.2. The fraction of sp³-hybridized carbons (Fsp3) is 0.607. The maximum Gasteiger partial charge on any atom is 0.256 e. The van der Waals surface area contributed by atoms with Crippen molar-refractivity contribution in [2.45, 2.75) is 62.8 Å². The quantitative estimate of drug-likeness (QED) is 0.397. The van der Waals surface area contributed by atoms with Crippen LogP contribution in [0.15, 0.2) is 30.6 Å². The Bertz CT molecular complexity index is 1470. The van der Waals surface area contributed by atoms with Gasteiger partial charge < -0.3 is 15.1 Å². The number of benzene rings is 1. The van der Waals surface area contributed by atoms with Gasteiger partial charge in [0.2, 0.25) is 0 Å². The van der Waals surface area contributed by atoms with Gasteiger partial charge >= 0.3 is 0 Å². The molecule has 1 saturated carbocycles. The van der Waals surface area contributed by atoms with Crippen molar-refractivity contribution in [3.8, 4) is 0 Å². The van der Waals surface area contributed by atoms with E-state index in [1.807, 2.05) is 12.1 Å². The number of rotatable bonds is 7. The normalized spacial score (nSPS) is 25.6. The molecule has 0 amide bonds. The van der Waals surface area contributed by atoms with Gasteiger partial charge in [0.25, 0.3) is 5.78 Å². The molecular formula is C28H37Cl2N7O2S. The highest BCUT2D eigenvalue weighted by molar-refractivity contribution is 7.91. The lowest BCUT2D eigenvalue weighted by Gasteiger charge is -2.47. The number of nitrogens with zero attached hydrogens (tertiary/aromatic N) is 6. The smallest absolute Gasteiger partial charge is 0.256 e. The van der Waals surface area contributed by atoms with Crippen LogP contribution in [0.2, 0.25) is 10.0 Å². The van der Waals surface area contributed by atoms with Gasteiger partial charge in [0.15, 0.2) is 0 Å². The zero-order chi connectivity index (χ0) is 28.0. The molecule has 40 heavy (non-hydrogen) atoms. The molecule has 1 aromatic carbocycles. The Labute approximate surface area is 246 Å². The lowest BCUT2D eigenvalue weighted by atomic mass is 9.78. The van der Waals surface area contributed by atoms with Crippen LogP contribution in [-0.2, 0) is 9.84 Å². The van der Waals surface area contributed by atoms with Crippen molar-refractivity contribution in [2.24, 2.45) is 11.8 Å². The van der Waals surface area contributed by atoms with Crippen LogP contribution in [0.5, 0.6) is 0 Å². The Morgan fingerprint density at radius 1 is 1.05 bits per heavy atom. The first-order valence-corrected chi connectivity index (χ1v) is 17.0. The maximum atomic E-state index is 11.9. The Balaban J connectivity index is 1.10. The number of hydrogen-bond donors (Lipinski definition) is 1. The van der Waals surface area contributed by atoms with Gasteiger partial charge in [-0.2, -0.15) is 19.6 Å². The molecule has 2 aliphatic heterocycles. The summed E-state index contributed by atoms with van der Waals surface area (Å²) in [6.45, 7) is 6.18. The highest BCUT2D eigenvalue weighted by Crippen LogP contribution is 2.38. The van der Waals surface area contributed by atoms with Gasteiger partial charge in [0.05, 0.1) is 11.3 Å².